The third-order valence-electron chi connectivity index (χ3n) is 5.02. The second-order valence-corrected chi connectivity index (χ2v) is 10.1. The van der Waals surface area contributed by atoms with Gasteiger partial charge < -0.3 is 10.6 Å². The number of aromatic nitrogens is 1. The van der Waals surface area contributed by atoms with E-state index in [-0.39, 0.29) is 24.7 Å². The lowest BCUT2D eigenvalue weighted by molar-refractivity contribution is -0.128. The Bertz CT molecular complexity index is 1160. The van der Waals surface area contributed by atoms with Gasteiger partial charge in [0.25, 0.3) is 0 Å². The number of amides is 3. The molecule has 1 aromatic heterocycles. The fourth-order valence-corrected chi connectivity index (χ4v) is 4.00. The summed E-state index contributed by atoms with van der Waals surface area (Å²) in [6.45, 7) is 7.48. The molecule has 2 N–H and O–H groups in total. The number of nitrogens with zero attached hydrogens (tertiary/aromatic N) is 2. The lowest BCUT2D eigenvalue weighted by Crippen LogP contribution is -2.49. The Morgan fingerprint density at radius 2 is 1.69 bits per heavy atom. The maximum atomic E-state index is 13.7. The molecule has 3 amide bonds. The molecule has 0 bridgehead atoms. The highest BCUT2D eigenvalue weighted by Crippen LogP contribution is 2.30. The van der Waals surface area contributed by atoms with E-state index < -0.39 is 23.3 Å². The van der Waals surface area contributed by atoms with Crippen molar-refractivity contribution in [1.29, 1.82) is 0 Å². The smallest absolute Gasteiger partial charge is 0.248 e. The second-order valence-electron chi connectivity index (χ2n) is 9.18. The topological polar surface area (TPSA) is 91.4 Å². The number of halogens is 1. The minimum absolute atomic E-state index is 0.0996. The molecule has 184 valence electrons. The van der Waals surface area contributed by atoms with Gasteiger partial charge >= 0.3 is 0 Å². The summed E-state index contributed by atoms with van der Waals surface area (Å²) < 4.78 is 13.7. The number of hydrogen-bond donors (Lipinski definition) is 2. The first kappa shape index (κ1) is 26.0. The Labute approximate surface area is 208 Å². The molecule has 3 aromatic rings. The first-order valence-corrected chi connectivity index (χ1v) is 12.1. The van der Waals surface area contributed by atoms with Crippen molar-refractivity contribution in [2.45, 2.75) is 52.1 Å². The predicted octanol–water partition coefficient (Wildman–Crippen LogP) is 5.00. The van der Waals surface area contributed by atoms with Crippen LogP contribution in [0, 0.1) is 12.7 Å². The van der Waals surface area contributed by atoms with Crippen LogP contribution in [-0.2, 0) is 14.4 Å². The van der Waals surface area contributed by atoms with E-state index in [1.807, 2.05) is 39.8 Å². The fraction of sp³-hybridized carbons (Fsp3) is 0.308. The molecule has 0 spiro atoms. The molecule has 3 rings (SSSR count). The molecule has 0 radical (unpaired) electrons. The summed E-state index contributed by atoms with van der Waals surface area (Å²) in [5, 5.41) is 7.78. The van der Waals surface area contributed by atoms with Crippen LogP contribution in [-0.4, -0.2) is 28.2 Å². The van der Waals surface area contributed by atoms with Gasteiger partial charge in [0.2, 0.25) is 17.7 Å². The second kappa shape index (κ2) is 11.2. The number of benzene rings is 2. The van der Waals surface area contributed by atoms with Crippen molar-refractivity contribution in [3.63, 3.8) is 0 Å². The Hall–Kier alpha value is -3.59. The van der Waals surface area contributed by atoms with Gasteiger partial charge in [-0.1, -0.05) is 29.8 Å². The van der Waals surface area contributed by atoms with Crippen LogP contribution in [0.25, 0.3) is 0 Å². The minimum atomic E-state index is -1.02. The average molecular weight is 497 g/mol. The Kier molecular flexibility index (Phi) is 8.34. The molecular formula is C26H29FN4O3S. The molecule has 0 aliphatic heterocycles. The molecule has 9 heteroatoms. The quantitative estimate of drug-likeness (QED) is 0.459. The van der Waals surface area contributed by atoms with Crippen LogP contribution in [0.5, 0.6) is 0 Å². The van der Waals surface area contributed by atoms with Gasteiger partial charge in [-0.2, -0.15) is 0 Å². The summed E-state index contributed by atoms with van der Waals surface area (Å²) in [6.07, 6.45) is 1.32. The number of carbonyl (C=O) groups is 3. The summed E-state index contributed by atoms with van der Waals surface area (Å²) >= 11 is 1.28. The molecule has 2 aromatic carbocycles. The number of hydrogen-bond acceptors (Lipinski definition) is 5. The number of anilines is 2. The van der Waals surface area contributed by atoms with Crippen molar-refractivity contribution >= 4 is 39.9 Å². The third kappa shape index (κ3) is 7.45. The van der Waals surface area contributed by atoms with E-state index in [9.17, 15) is 18.8 Å². The molecule has 0 aliphatic carbocycles. The Balaban J connectivity index is 1.95. The van der Waals surface area contributed by atoms with Gasteiger partial charge in [-0.25, -0.2) is 9.37 Å². The summed E-state index contributed by atoms with van der Waals surface area (Å²) in [6, 6.07) is 11.7. The van der Waals surface area contributed by atoms with E-state index in [4.69, 9.17) is 0 Å². The molecule has 0 saturated carbocycles. The van der Waals surface area contributed by atoms with E-state index in [2.05, 4.69) is 15.6 Å². The van der Waals surface area contributed by atoms with Crippen molar-refractivity contribution in [2.75, 3.05) is 10.2 Å². The SMILES string of the molecule is Cc1ccc(C(C(=O)NC(C)(C)C)N(C(=O)CCC(=O)Nc2nccs2)c2ccc(F)cc2)cc1. The zero-order valence-electron chi connectivity index (χ0n) is 20.2. The van der Waals surface area contributed by atoms with Gasteiger partial charge in [-0.3, -0.25) is 19.3 Å². The van der Waals surface area contributed by atoms with E-state index in [0.29, 0.717) is 16.4 Å². The van der Waals surface area contributed by atoms with Crippen LogP contribution < -0.4 is 15.5 Å². The lowest BCUT2D eigenvalue weighted by atomic mass is 9.99. The molecule has 7 nitrogen and oxygen atoms in total. The van der Waals surface area contributed by atoms with Crippen LogP contribution in [0.1, 0.15) is 50.8 Å². The van der Waals surface area contributed by atoms with Gasteiger partial charge in [0.1, 0.15) is 11.9 Å². The Morgan fingerprint density at radius 1 is 1.03 bits per heavy atom. The van der Waals surface area contributed by atoms with Crippen LogP contribution in [0.4, 0.5) is 15.2 Å². The van der Waals surface area contributed by atoms with E-state index in [0.717, 1.165) is 5.56 Å². The molecule has 0 saturated heterocycles. The van der Waals surface area contributed by atoms with Crippen molar-refractivity contribution in [3.8, 4) is 0 Å². The molecule has 0 aliphatic rings. The number of thiazole rings is 1. The molecule has 35 heavy (non-hydrogen) atoms. The zero-order valence-corrected chi connectivity index (χ0v) is 21.0. The van der Waals surface area contributed by atoms with Gasteiger partial charge in [0, 0.05) is 35.6 Å². The molecule has 1 unspecified atom stereocenters. The first-order valence-electron chi connectivity index (χ1n) is 11.2. The van der Waals surface area contributed by atoms with Crippen molar-refractivity contribution in [2.24, 2.45) is 0 Å². The van der Waals surface area contributed by atoms with Gasteiger partial charge in [-0.15, -0.1) is 11.3 Å². The molecule has 1 atom stereocenters. The number of carbonyl (C=O) groups excluding carboxylic acids is 3. The molecule has 0 fully saturated rings. The fourth-order valence-electron chi connectivity index (χ4n) is 3.45. The van der Waals surface area contributed by atoms with Crippen LogP contribution in [0.2, 0.25) is 0 Å². The summed E-state index contributed by atoms with van der Waals surface area (Å²) in [7, 11) is 0. The highest BCUT2D eigenvalue weighted by molar-refractivity contribution is 7.13. The monoisotopic (exact) mass is 496 g/mol. The summed E-state index contributed by atoms with van der Waals surface area (Å²) in [4.78, 5) is 44.8. The number of aryl methyl sites for hydroxylation is 1. The maximum Gasteiger partial charge on any atom is 0.248 e. The normalized spacial score (nSPS) is 12.0. The van der Waals surface area contributed by atoms with Gasteiger partial charge in [-0.05, 0) is 57.5 Å². The summed E-state index contributed by atoms with van der Waals surface area (Å²) in [5.41, 5.74) is 1.40. The largest absolute Gasteiger partial charge is 0.349 e. The van der Waals surface area contributed by atoms with Crippen molar-refractivity contribution < 1.29 is 18.8 Å². The average Bonchev–Trinajstić information content (AvgIpc) is 3.29. The van der Waals surface area contributed by atoms with Gasteiger partial charge in [0.05, 0.1) is 0 Å². The Morgan fingerprint density at radius 3 is 2.26 bits per heavy atom. The highest BCUT2D eigenvalue weighted by Gasteiger charge is 2.34. The minimum Gasteiger partial charge on any atom is -0.349 e. The van der Waals surface area contributed by atoms with Gasteiger partial charge in [0.15, 0.2) is 5.13 Å². The van der Waals surface area contributed by atoms with Crippen LogP contribution >= 0.6 is 11.3 Å². The zero-order chi connectivity index (χ0) is 25.6. The number of rotatable bonds is 8. The highest BCUT2D eigenvalue weighted by atomic mass is 32.1. The van der Waals surface area contributed by atoms with Crippen LogP contribution in [0.15, 0.2) is 60.1 Å². The standard InChI is InChI=1S/C26H29FN4O3S/c1-17-5-7-18(8-6-17)23(24(34)30-26(2,3)4)31(20-11-9-19(27)10-12-20)22(33)14-13-21(32)29-25-28-15-16-35-25/h5-12,15-16,23H,13-14H2,1-4H3,(H,30,34)(H,28,29,32). The molecule has 1 heterocycles. The third-order valence-corrected chi connectivity index (χ3v) is 5.70. The lowest BCUT2D eigenvalue weighted by Gasteiger charge is -2.34. The summed E-state index contributed by atoms with van der Waals surface area (Å²) in [5.74, 6) is -1.65. The van der Waals surface area contributed by atoms with Crippen molar-refractivity contribution in [1.82, 2.24) is 10.3 Å². The van der Waals surface area contributed by atoms with E-state index >= 15 is 0 Å². The molecular weight excluding hydrogens is 467 g/mol. The van der Waals surface area contributed by atoms with Crippen LogP contribution in [0.3, 0.4) is 0 Å². The van der Waals surface area contributed by atoms with Crippen molar-refractivity contribution in [3.05, 3.63) is 77.1 Å². The maximum absolute atomic E-state index is 13.7. The number of nitrogens with one attached hydrogen (secondary N) is 2. The van der Waals surface area contributed by atoms with E-state index in [1.165, 1.54) is 40.5 Å². The van der Waals surface area contributed by atoms with E-state index in [1.54, 1.807) is 23.7 Å². The predicted molar refractivity (Wildman–Crippen MR) is 136 cm³/mol. The first-order chi connectivity index (χ1) is 16.5.